The van der Waals surface area contributed by atoms with Gasteiger partial charge in [0.2, 0.25) is 5.91 Å². The number of likely N-dealkylation sites (N-methyl/N-ethyl adjacent to an activating group) is 1. The Hall–Kier alpha value is -3.10. The highest BCUT2D eigenvalue weighted by Crippen LogP contribution is 2.30. The van der Waals surface area contributed by atoms with Crippen molar-refractivity contribution in [3.05, 3.63) is 93.2 Å². The number of carbonyl (C=O) groups excluding carboxylic acids is 2. The van der Waals surface area contributed by atoms with Crippen molar-refractivity contribution in [1.82, 2.24) is 10.2 Å². The first-order valence-electron chi connectivity index (χ1n) is 12.0. The molecule has 0 aromatic heterocycles. The molecule has 2 unspecified atom stereocenters. The molecule has 9 heteroatoms. The number of halogens is 3. The fourth-order valence-corrected chi connectivity index (χ4v) is 4.38. The normalized spacial score (nSPS) is 12.8. The maximum atomic E-state index is 13.7. The first kappa shape index (κ1) is 29.5. The van der Waals surface area contributed by atoms with Crippen molar-refractivity contribution in [3.63, 3.8) is 0 Å². The van der Waals surface area contributed by atoms with Crippen LogP contribution in [-0.4, -0.2) is 35.6 Å². The number of rotatable bonds is 8. The Morgan fingerprint density at radius 2 is 1.79 bits per heavy atom. The third-order valence-electron chi connectivity index (χ3n) is 5.69. The van der Waals surface area contributed by atoms with E-state index >= 15 is 0 Å². The Morgan fingerprint density at radius 3 is 2.45 bits per heavy atom. The molecule has 0 aliphatic rings. The van der Waals surface area contributed by atoms with Crippen LogP contribution < -0.4 is 10.1 Å². The number of hydrogen-bond acceptors (Lipinski definition) is 4. The second-order valence-corrected chi connectivity index (χ2v) is 11.3. The van der Waals surface area contributed by atoms with Gasteiger partial charge in [0.1, 0.15) is 29.0 Å². The number of nitrogens with one attached hydrogen (secondary N) is 1. The van der Waals surface area contributed by atoms with E-state index in [0.29, 0.717) is 11.5 Å². The van der Waals surface area contributed by atoms with Gasteiger partial charge in [0.15, 0.2) is 0 Å². The van der Waals surface area contributed by atoms with Crippen LogP contribution in [0.1, 0.15) is 44.7 Å². The molecule has 3 aromatic rings. The van der Waals surface area contributed by atoms with Gasteiger partial charge in [0.05, 0.1) is 5.02 Å². The largest absolute Gasteiger partial charge is 0.457 e. The molecular weight excluding hydrogens is 575 g/mol. The minimum Gasteiger partial charge on any atom is -0.457 e. The third kappa shape index (κ3) is 8.20. The average molecular weight is 606 g/mol. The van der Waals surface area contributed by atoms with Crippen LogP contribution >= 0.6 is 27.5 Å². The smallest absolute Gasteiger partial charge is 0.408 e. The maximum absolute atomic E-state index is 13.7. The van der Waals surface area contributed by atoms with E-state index in [9.17, 15) is 14.0 Å². The molecule has 1 N–H and O–H groups in total. The molecule has 0 saturated heterocycles. The highest BCUT2D eigenvalue weighted by Gasteiger charge is 2.32. The molecule has 38 heavy (non-hydrogen) atoms. The van der Waals surface area contributed by atoms with Crippen LogP contribution in [0.25, 0.3) is 0 Å². The number of amides is 2. The Bertz CT molecular complexity index is 1300. The highest BCUT2D eigenvalue weighted by molar-refractivity contribution is 9.10. The molecule has 0 spiro atoms. The molecule has 0 heterocycles. The van der Waals surface area contributed by atoms with Gasteiger partial charge in [-0.1, -0.05) is 64.8 Å². The monoisotopic (exact) mass is 604 g/mol. The maximum Gasteiger partial charge on any atom is 0.408 e. The summed E-state index contributed by atoms with van der Waals surface area (Å²) in [5.74, 6) is -0.344. The van der Waals surface area contributed by atoms with E-state index in [-0.39, 0.29) is 23.4 Å². The van der Waals surface area contributed by atoms with E-state index in [4.69, 9.17) is 21.1 Å². The molecule has 0 saturated carbocycles. The topological polar surface area (TPSA) is 67.9 Å². The third-order valence-corrected chi connectivity index (χ3v) is 6.47. The number of alkyl carbamates (subject to hydrolysis) is 1. The summed E-state index contributed by atoms with van der Waals surface area (Å²) in [7, 11) is 1.66. The van der Waals surface area contributed by atoms with Crippen molar-refractivity contribution in [2.24, 2.45) is 0 Å². The van der Waals surface area contributed by atoms with Crippen LogP contribution in [0.3, 0.4) is 0 Å². The van der Waals surface area contributed by atoms with E-state index in [1.165, 1.54) is 23.1 Å². The van der Waals surface area contributed by atoms with Crippen LogP contribution in [0.5, 0.6) is 11.5 Å². The minimum atomic E-state index is -0.895. The summed E-state index contributed by atoms with van der Waals surface area (Å²) >= 11 is 9.37. The van der Waals surface area contributed by atoms with E-state index < -0.39 is 23.6 Å². The van der Waals surface area contributed by atoms with E-state index in [1.807, 2.05) is 43.3 Å². The van der Waals surface area contributed by atoms with Gasteiger partial charge in [0, 0.05) is 35.6 Å². The van der Waals surface area contributed by atoms with Crippen LogP contribution in [0.2, 0.25) is 5.02 Å². The molecule has 0 aliphatic carbocycles. The van der Waals surface area contributed by atoms with E-state index in [1.54, 1.807) is 40.0 Å². The lowest BCUT2D eigenvalue weighted by Gasteiger charge is -2.30. The van der Waals surface area contributed by atoms with Gasteiger partial charge in [-0.25, -0.2) is 9.18 Å². The zero-order valence-corrected chi connectivity index (χ0v) is 24.3. The molecule has 202 valence electrons. The van der Waals surface area contributed by atoms with E-state index in [2.05, 4.69) is 21.2 Å². The fourth-order valence-electron chi connectivity index (χ4n) is 3.79. The van der Waals surface area contributed by atoms with Gasteiger partial charge in [-0.2, -0.15) is 0 Å². The number of carbonyl (C=O) groups is 2. The van der Waals surface area contributed by atoms with Crippen molar-refractivity contribution in [3.8, 4) is 11.5 Å². The van der Waals surface area contributed by atoms with Crippen LogP contribution in [0.4, 0.5) is 9.18 Å². The van der Waals surface area contributed by atoms with Gasteiger partial charge < -0.3 is 19.7 Å². The van der Waals surface area contributed by atoms with Crippen LogP contribution in [0, 0.1) is 5.82 Å². The zero-order chi connectivity index (χ0) is 28.0. The first-order chi connectivity index (χ1) is 17.8. The number of hydrogen-bond donors (Lipinski definition) is 1. The summed E-state index contributed by atoms with van der Waals surface area (Å²) in [5.41, 5.74) is 0.872. The van der Waals surface area contributed by atoms with Gasteiger partial charge in [0.25, 0.3) is 0 Å². The second-order valence-electron chi connectivity index (χ2n) is 9.95. The highest BCUT2D eigenvalue weighted by atomic mass is 79.9. The van der Waals surface area contributed by atoms with Crippen molar-refractivity contribution in [2.75, 3.05) is 7.05 Å². The molecule has 3 aromatic carbocycles. The molecule has 2 atom stereocenters. The number of benzene rings is 3. The number of ether oxygens (including phenoxy) is 2. The SMILES string of the molecule is CC(c1cccc(Br)c1)C(NC(=O)OC(C)(C)C)C(=O)N(C)Cc1ccccc1Oc1ccc(F)c(Cl)c1. The standard InChI is InChI=1S/C29H31BrClFN2O4/c1-18(19-10-8-11-21(30)15-19)26(33-28(36)38-29(2,3)4)27(35)34(5)17-20-9-6-7-12-25(20)37-22-13-14-24(32)23(31)16-22/h6-16,18,26H,17H2,1-5H3,(H,33,36). The van der Waals surface area contributed by atoms with Crippen LogP contribution in [-0.2, 0) is 16.1 Å². The Labute approximate surface area is 236 Å². The van der Waals surface area contributed by atoms with Crippen molar-refractivity contribution in [1.29, 1.82) is 0 Å². The summed E-state index contributed by atoms with van der Waals surface area (Å²) in [6, 6.07) is 18.0. The molecule has 0 radical (unpaired) electrons. The van der Waals surface area contributed by atoms with Gasteiger partial charge in [-0.15, -0.1) is 0 Å². The summed E-state index contributed by atoms with van der Waals surface area (Å²) in [6.45, 7) is 7.36. The zero-order valence-electron chi connectivity index (χ0n) is 21.9. The average Bonchev–Trinajstić information content (AvgIpc) is 2.84. The van der Waals surface area contributed by atoms with Gasteiger partial charge >= 0.3 is 6.09 Å². The molecule has 0 fully saturated rings. The second kappa shape index (κ2) is 12.6. The Kier molecular flexibility index (Phi) is 9.79. The lowest BCUT2D eigenvalue weighted by molar-refractivity contribution is -0.133. The van der Waals surface area contributed by atoms with Gasteiger partial charge in [-0.3, -0.25) is 4.79 Å². The fraction of sp³-hybridized carbons (Fsp3) is 0.310. The van der Waals surface area contributed by atoms with Crippen molar-refractivity contribution >= 4 is 39.5 Å². The molecule has 2 amide bonds. The van der Waals surface area contributed by atoms with Crippen molar-refractivity contribution in [2.45, 2.75) is 51.8 Å². The summed E-state index contributed by atoms with van der Waals surface area (Å²) in [5, 5.41) is 2.72. The molecule has 0 aliphatic heterocycles. The number of para-hydroxylation sites is 1. The minimum absolute atomic E-state index is 0.0510. The number of nitrogens with zero attached hydrogens (tertiary/aromatic N) is 1. The molecular formula is C29H31BrClFN2O4. The quantitative estimate of drug-likeness (QED) is 0.286. The molecule has 6 nitrogen and oxygen atoms in total. The molecule has 3 rings (SSSR count). The predicted octanol–water partition coefficient (Wildman–Crippen LogP) is 7.69. The first-order valence-corrected chi connectivity index (χ1v) is 13.2. The summed E-state index contributed by atoms with van der Waals surface area (Å²) in [6.07, 6.45) is -0.678. The van der Waals surface area contributed by atoms with E-state index in [0.717, 1.165) is 15.6 Å². The summed E-state index contributed by atoms with van der Waals surface area (Å²) < 4.78 is 25.8. The van der Waals surface area contributed by atoms with Gasteiger partial charge in [-0.05, 0) is 56.7 Å². The Morgan fingerprint density at radius 1 is 1.08 bits per heavy atom. The predicted molar refractivity (Wildman–Crippen MR) is 150 cm³/mol. The lowest BCUT2D eigenvalue weighted by Crippen LogP contribution is -2.51. The van der Waals surface area contributed by atoms with Crippen LogP contribution in [0.15, 0.2) is 71.2 Å². The molecule has 0 bridgehead atoms. The Balaban J connectivity index is 1.84. The lowest BCUT2D eigenvalue weighted by atomic mass is 9.92. The van der Waals surface area contributed by atoms with Crippen molar-refractivity contribution < 1.29 is 23.5 Å². The summed E-state index contributed by atoms with van der Waals surface area (Å²) in [4.78, 5) is 28.0.